The van der Waals surface area contributed by atoms with Gasteiger partial charge < -0.3 is 0 Å². The maximum absolute atomic E-state index is 4.46. The van der Waals surface area contributed by atoms with E-state index in [4.69, 9.17) is 0 Å². The van der Waals surface area contributed by atoms with Crippen molar-refractivity contribution in [1.29, 1.82) is 0 Å². The summed E-state index contributed by atoms with van der Waals surface area (Å²) < 4.78 is 0. The quantitative estimate of drug-likeness (QED) is 0.670. The van der Waals surface area contributed by atoms with Gasteiger partial charge in [0.05, 0.1) is 0 Å². The van der Waals surface area contributed by atoms with Crippen LogP contribution in [-0.2, 0) is 6.42 Å². The zero-order valence-electron chi connectivity index (χ0n) is 13.6. The van der Waals surface area contributed by atoms with Crippen molar-refractivity contribution < 1.29 is 0 Å². The van der Waals surface area contributed by atoms with Gasteiger partial charge in [0, 0.05) is 11.9 Å². The monoisotopic (exact) mass is 259 g/mol. The molecule has 0 saturated carbocycles. The first-order chi connectivity index (χ1) is 8.54. The van der Waals surface area contributed by atoms with Crippen LogP contribution in [-0.4, -0.2) is 4.98 Å². The third-order valence-electron chi connectivity index (χ3n) is 4.09. The van der Waals surface area contributed by atoms with Crippen molar-refractivity contribution in [3.63, 3.8) is 0 Å². The topological polar surface area (TPSA) is 12.9 Å². The first-order valence-corrected chi connectivity index (χ1v) is 7.14. The summed E-state index contributed by atoms with van der Waals surface area (Å²) in [6.45, 7) is 16.0. The first-order valence-electron chi connectivity index (χ1n) is 7.14. The molecule has 1 heteroatoms. The summed E-state index contributed by atoms with van der Waals surface area (Å²) >= 11 is 0. The Morgan fingerprint density at radius 3 is 2.05 bits per heavy atom. The van der Waals surface area contributed by atoms with Crippen molar-refractivity contribution in [1.82, 2.24) is 4.98 Å². The van der Waals surface area contributed by atoms with E-state index in [1.165, 1.54) is 5.69 Å². The van der Waals surface area contributed by atoms with E-state index in [0.29, 0.717) is 0 Å². The fourth-order valence-corrected chi connectivity index (χ4v) is 1.87. The summed E-state index contributed by atoms with van der Waals surface area (Å²) in [5.74, 6) is 0. The molecule has 0 radical (unpaired) electrons. The number of hydrogen-bond acceptors (Lipinski definition) is 1. The molecule has 106 valence electrons. The van der Waals surface area contributed by atoms with Gasteiger partial charge in [-0.05, 0) is 34.8 Å². The van der Waals surface area contributed by atoms with Crippen molar-refractivity contribution in [3.05, 3.63) is 42.2 Å². The molecular weight excluding hydrogens is 230 g/mol. The lowest BCUT2D eigenvalue weighted by Crippen LogP contribution is -2.33. The van der Waals surface area contributed by atoms with Gasteiger partial charge in [-0.2, -0.15) is 0 Å². The Morgan fingerprint density at radius 2 is 1.58 bits per heavy atom. The predicted octanol–water partition coefficient (Wildman–Crippen LogP) is 5.28. The highest BCUT2D eigenvalue weighted by atomic mass is 14.7. The zero-order valence-corrected chi connectivity index (χ0v) is 13.6. The Labute approximate surface area is 119 Å². The van der Waals surface area contributed by atoms with Gasteiger partial charge in [-0.25, -0.2) is 0 Å². The summed E-state index contributed by atoms with van der Waals surface area (Å²) in [7, 11) is 0. The molecule has 0 fully saturated rings. The maximum atomic E-state index is 4.46. The standard InChI is InChI=1S/C18H29N/c1-16(2,3)11-12-17(4,5)18(6,7)14-15-10-8-9-13-19-15/h8-13H,14H2,1-7H3/b12-11-. The van der Waals surface area contributed by atoms with E-state index in [-0.39, 0.29) is 16.2 Å². The normalized spacial score (nSPS) is 14.1. The molecule has 0 saturated heterocycles. The minimum Gasteiger partial charge on any atom is -0.261 e. The number of aromatic nitrogens is 1. The molecule has 1 nitrogen and oxygen atoms in total. The van der Waals surface area contributed by atoms with E-state index < -0.39 is 0 Å². The number of nitrogens with zero attached hydrogens (tertiary/aromatic N) is 1. The third kappa shape index (κ3) is 4.81. The molecule has 0 spiro atoms. The average Bonchev–Trinajstić information content (AvgIpc) is 2.26. The van der Waals surface area contributed by atoms with E-state index in [1.807, 2.05) is 12.3 Å². The van der Waals surface area contributed by atoms with Crippen molar-refractivity contribution in [3.8, 4) is 0 Å². The second-order valence-corrected chi connectivity index (χ2v) is 7.80. The van der Waals surface area contributed by atoms with Crippen LogP contribution in [0.15, 0.2) is 36.5 Å². The second-order valence-electron chi connectivity index (χ2n) is 7.80. The molecule has 0 amide bonds. The van der Waals surface area contributed by atoms with Gasteiger partial charge >= 0.3 is 0 Å². The zero-order chi connectivity index (χ0) is 14.7. The Hall–Kier alpha value is -1.11. The number of rotatable bonds is 4. The molecule has 1 heterocycles. The van der Waals surface area contributed by atoms with Crippen LogP contribution in [0.2, 0.25) is 0 Å². The Bertz CT molecular complexity index is 419. The highest BCUT2D eigenvalue weighted by Crippen LogP contribution is 2.42. The van der Waals surface area contributed by atoms with Crippen molar-refractivity contribution >= 4 is 0 Å². The van der Waals surface area contributed by atoms with Crippen LogP contribution in [0.5, 0.6) is 0 Å². The molecule has 0 bridgehead atoms. The van der Waals surface area contributed by atoms with Gasteiger partial charge in [-0.1, -0.05) is 66.7 Å². The van der Waals surface area contributed by atoms with Crippen LogP contribution in [0.3, 0.4) is 0 Å². The van der Waals surface area contributed by atoms with E-state index in [0.717, 1.165) is 6.42 Å². The van der Waals surface area contributed by atoms with E-state index >= 15 is 0 Å². The van der Waals surface area contributed by atoms with Crippen LogP contribution < -0.4 is 0 Å². The fraction of sp³-hybridized carbons (Fsp3) is 0.611. The summed E-state index contributed by atoms with van der Waals surface area (Å²) in [5.41, 5.74) is 1.71. The molecule has 0 aliphatic heterocycles. The number of pyridine rings is 1. The number of allylic oxidation sites excluding steroid dienone is 2. The smallest absolute Gasteiger partial charge is 0.0409 e. The van der Waals surface area contributed by atoms with Gasteiger partial charge in [-0.3, -0.25) is 4.98 Å². The minimum absolute atomic E-state index is 0.137. The van der Waals surface area contributed by atoms with E-state index in [2.05, 4.69) is 77.7 Å². The average molecular weight is 259 g/mol. The van der Waals surface area contributed by atoms with Crippen LogP contribution in [0, 0.1) is 16.2 Å². The largest absolute Gasteiger partial charge is 0.261 e. The van der Waals surface area contributed by atoms with Gasteiger partial charge in [0.15, 0.2) is 0 Å². The fourth-order valence-electron chi connectivity index (χ4n) is 1.87. The van der Waals surface area contributed by atoms with Crippen LogP contribution in [0.4, 0.5) is 0 Å². The molecule has 0 aromatic carbocycles. The molecule has 0 N–H and O–H groups in total. The number of hydrogen-bond donors (Lipinski definition) is 0. The SMILES string of the molecule is CC(C)(C)/C=C\C(C)(C)C(C)(C)Cc1ccccn1. The van der Waals surface area contributed by atoms with Gasteiger partial charge in [0.25, 0.3) is 0 Å². The molecule has 19 heavy (non-hydrogen) atoms. The van der Waals surface area contributed by atoms with Crippen LogP contribution >= 0.6 is 0 Å². The summed E-state index contributed by atoms with van der Waals surface area (Å²) in [5, 5.41) is 0. The highest BCUT2D eigenvalue weighted by Gasteiger charge is 2.35. The van der Waals surface area contributed by atoms with Crippen molar-refractivity contribution in [2.24, 2.45) is 16.2 Å². The van der Waals surface area contributed by atoms with Crippen LogP contribution in [0.25, 0.3) is 0 Å². The molecule has 0 unspecified atom stereocenters. The predicted molar refractivity (Wildman–Crippen MR) is 84.1 cm³/mol. The van der Waals surface area contributed by atoms with Crippen molar-refractivity contribution in [2.75, 3.05) is 0 Å². The Morgan fingerprint density at radius 1 is 0.947 bits per heavy atom. The second kappa shape index (κ2) is 5.48. The van der Waals surface area contributed by atoms with Gasteiger partial charge in [0.1, 0.15) is 0 Å². The van der Waals surface area contributed by atoms with Gasteiger partial charge in [-0.15, -0.1) is 0 Å². The molecule has 1 rings (SSSR count). The summed E-state index contributed by atoms with van der Waals surface area (Å²) in [6.07, 6.45) is 7.57. The third-order valence-corrected chi connectivity index (χ3v) is 4.09. The van der Waals surface area contributed by atoms with Gasteiger partial charge in [0.2, 0.25) is 0 Å². The molecule has 1 aromatic heterocycles. The molecule has 0 atom stereocenters. The molecule has 0 aliphatic rings. The molecule has 1 aromatic rings. The summed E-state index contributed by atoms with van der Waals surface area (Å²) in [6, 6.07) is 6.16. The van der Waals surface area contributed by atoms with Crippen molar-refractivity contribution in [2.45, 2.75) is 54.9 Å². The van der Waals surface area contributed by atoms with Crippen LogP contribution in [0.1, 0.15) is 54.2 Å². The minimum atomic E-state index is 0.137. The van der Waals surface area contributed by atoms with E-state index in [1.54, 1.807) is 0 Å². The lowest BCUT2D eigenvalue weighted by atomic mass is 9.65. The lowest BCUT2D eigenvalue weighted by Gasteiger charge is -2.40. The Kier molecular flexibility index (Phi) is 4.60. The molecular formula is C18H29N. The summed E-state index contributed by atoms with van der Waals surface area (Å²) in [4.78, 5) is 4.46. The Balaban J connectivity index is 2.89. The van der Waals surface area contributed by atoms with E-state index in [9.17, 15) is 0 Å². The molecule has 0 aliphatic carbocycles. The first kappa shape index (κ1) is 15.9. The lowest BCUT2D eigenvalue weighted by molar-refractivity contribution is 0.162. The maximum Gasteiger partial charge on any atom is 0.0409 e. The highest BCUT2D eigenvalue weighted by molar-refractivity contribution is 5.11.